The summed E-state index contributed by atoms with van der Waals surface area (Å²) >= 11 is 0. The van der Waals surface area contributed by atoms with Crippen LogP contribution in [0.5, 0.6) is 0 Å². The number of benzene rings is 1. The van der Waals surface area contributed by atoms with Gasteiger partial charge in [0.15, 0.2) is 0 Å². The van der Waals surface area contributed by atoms with Crippen LogP contribution in [-0.4, -0.2) is 0 Å². The van der Waals surface area contributed by atoms with Crippen LogP contribution in [0, 0.1) is 19.8 Å². The second kappa shape index (κ2) is 6.41. The van der Waals surface area contributed by atoms with Crippen molar-refractivity contribution in [1.29, 1.82) is 0 Å². The molecule has 0 spiro atoms. The highest BCUT2D eigenvalue weighted by molar-refractivity contribution is 5.36. The molecule has 2 rings (SSSR count). The molecule has 0 aromatic heterocycles. The molecule has 0 aliphatic heterocycles. The SMILES string of the molecule is CCCC(c1cccc(C)c1C)C1CCCCC1. The topological polar surface area (TPSA) is 0 Å². The van der Waals surface area contributed by atoms with Gasteiger partial charge < -0.3 is 0 Å². The molecule has 1 unspecified atom stereocenters. The van der Waals surface area contributed by atoms with E-state index in [0.29, 0.717) is 0 Å². The molecule has 0 bridgehead atoms. The quantitative estimate of drug-likeness (QED) is 0.631. The number of aryl methyl sites for hydroxylation is 1. The van der Waals surface area contributed by atoms with Gasteiger partial charge in [-0.2, -0.15) is 0 Å². The third kappa shape index (κ3) is 2.96. The lowest BCUT2D eigenvalue weighted by molar-refractivity contribution is 0.292. The second-order valence-corrected chi connectivity index (χ2v) is 6.08. The van der Waals surface area contributed by atoms with Crippen molar-refractivity contribution in [2.24, 2.45) is 5.92 Å². The lowest BCUT2D eigenvalue weighted by atomic mass is 9.73. The Kier molecular flexibility index (Phi) is 4.86. The molecule has 100 valence electrons. The highest BCUT2D eigenvalue weighted by Gasteiger charge is 2.25. The molecule has 18 heavy (non-hydrogen) atoms. The first-order valence-electron chi connectivity index (χ1n) is 7.80. The van der Waals surface area contributed by atoms with Gasteiger partial charge in [-0.05, 0) is 61.6 Å². The Labute approximate surface area is 113 Å². The third-order valence-electron chi connectivity index (χ3n) is 4.86. The highest BCUT2D eigenvalue weighted by atomic mass is 14.3. The lowest BCUT2D eigenvalue weighted by Gasteiger charge is -2.32. The van der Waals surface area contributed by atoms with Crippen molar-refractivity contribution < 1.29 is 0 Å². The molecule has 1 saturated carbocycles. The number of hydrogen-bond donors (Lipinski definition) is 0. The van der Waals surface area contributed by atoms with E-state index in [4.69, 9.17) is 0 Å². The Balaban J connectivity index is 2.25. The van der Waals surface area contributed by atoms with Crippen molar-refractivity contribution in [3.63, 3.8) is 0 Å². The molecule has 0 nitrogen and oxygen atoms in total. The van der Waals surface area contributed by atoms with Crippen molar-refractivity contribution in [2.45, 2.75) is 71.6 Å². The van der Waals surface area contributed by atoms with E-state index >= 15 is 0 Å². The summed E-state index contributed by atoms with van der Waals surface area (Å²) < 4.78 is 0. The third-order valence-corrected chi connectivity index (χ3v) is 4.86. The first kappa shape index (κ1) is 13.6. The highest BCUT2D eigenvalue weighted by Crippen LogP contribution is 2.40. The predicted octanol–water partition coefficient (Wildman–Crippen LogP) is 5.77. The fourth-order valence-electron chi connectivity index (χ4n) is 3.67. The van der Waals surface area contributed by atoms with Gasteiger partial charge in [0.05, 0.1) is 0 Å². The first-order valence-corrected chi connectivity index (χ1v) is 7.80. The smallest absolute Gasteiger partial charge is 0.0131 e. The van der Waals surface area contributed by atoms with Crippen molar-refractivity contribution in [1.82, 2.24) is 0 Å². The Bertz CT molecular complexity index is 372. The van der Waals surface area contributed by atoms with Crippen LogP contribution < -0.4 is 0 Å². The Morgan fingerprint density at radius 2 is 1.83 bits per heavy atom. The van der Waals surface area contributed by atoms with E-state index in [2.05, 4.69) is 39.0 Å². The van der Waals surface area contributed by atoms with Crippen LogP contribution in [0.25, 0.3) is 0 Å². The molecule has 1 aliphatic rings. The van der Waals surface area contributed by atoms with E-state index < -0.39 is 0 Å². The summed E-state index contributed by atoms with van der Waals surface area (Å²) in [7, 11) is 0. The standard InChI is InChI=1S/C18H28/c1-4-9-18(16-11-6-5-7-12-16)17-13-8-10-14(2)15(17)3/h8,10,13,16,18H,4-7,9,11-12H2,1-3H3. The van der Waals surface area contributed by atoms with Gasteiger partial charge in [-0.15, -0.1) is 0 Å². The van der Waals surface area contributed by atoms with Crippen molar-refractivity contribution in [3.05, 3.63) is 34.9 Å². The maximum absolute atomic E-state index is 2.39. The first-order chi connectivity index (χ1) is 8.74. The molecule has 0 saturated heterocycles. The summed E-state index contributed by atoms with van der Waals surface area (Å²) in [5.41, 5.74) is 4.65. The van der Waals surface area contributed by atoms with E-state index in [0.717, 1.165) is 11.8 Å². The van der Waals surface area contributed by atoms with Crippen molar-refractivity contribution >= 4 is 0 Å². The average Bonchev–Trinajstić information content (AvgIpc) is 2.41. The van der Waals surface area contributed by atoms with E-state index in [1.165, 1.54) is 50.5 Å². The normalized spacial score (nSPS) is 18.8. The largest absolute Gasteiger partial charge is 0.0654 e. The molecule has 1 aromatic rings. The zero-order valence-corrected chi connectivity index (χ0v) is 12.3. The Hall–Kier alpha value is -0.780. The average molecular weight is 244 g/mol. The molecule has 1 aromatic carbocycles. The molecule has 1 atom stereocenters. The maximum atomic E-state index is 2.39. The van der Waals surface area contributed by atoms with Gasteiger partial charge in [-0.3, -0.25) is 0 Å². The maximum Gasteiger partial charge on any atom is -0.0131 e. The van der Waals surface area contributed by atoms with Crippen LogP contribution in [0.1, 0.15) is 74.5 Å². The van der Waals surface area contributed by atoms with E-state index in [-0.39, 0.29) is 0 Å². The van der Waals surface area contributed by atoms with Crippen LogP contribution in [0.4, 0.5) is 0 Å². The summed E-state index contributed by atoms with van der Waals surface area (Å²) in [6, 6.07) is 6.89. The van der Waals surface area contributed by atoms with E-state index in [1.54, 1.807) is 11.1 Å². The van der Waals surface area contributed by atoms with Gasteiger partial charge in [0.2, 0.25) is 0 Å². The van der Waals surface area contributed by atoms with Gasteiger partial charge in [-0.25, -0.2) is 0 Å². The molecule has 0 amide bonds. The molecular weight excluding hydrogens is 216 g/mol. The van der Waals surface area contributed by atoms with Gasteiger partial charge >= 0.3 is 0 Å². The fraction of sp³-hybridized carbons (Fsp3) is 0.667. The molecule has 0 N–H and O–H groups in total. The van der Waals surface area contributed by atoms with E-state index in [9.17, 15) is 0 Å². The molecule has 0 radical (unpaired) electrons. The molecular formula is C18H28. The zero-order valence-electron chi connectivity index (χ0n) is 12.3. The van der Waals surface area contributed by atoms with Gasteiger partial charge in [0, 0.05) is 0 Å². The van der Waals surface area contributed by atoms with Crippen LogP contribution >= 0.6 is 0 Å². The summed E-state index contributed by atoms with van der Waals surface area (Å²) in [6.07, 6.45) is 9.97. The summed E-state index contributed by atoms with van der Waals surface area (Å²) in [5.74, 6) is 1.76. The van der Waals surface area contributed by atoms with Gasteiger partial charge in [-0.1, -0.05) is 50.8 Å². The summed E-state index contributed by atoms with van der Waals surface area (Å²) in [4.78, 5) is 0. The second-order valence-electron chi connectivity index (χ2n) is 6.08. The van der Waals surface area contributed by atoms with Crippen LogP contribution in [0.15, 0.2) is 18.2 Å². The van der Waals surface area contributed by atoms with Crippen LogP contribution in [0.2, 0.25) is 0 Å². The van der Waals surface area contributed by atoms with Crippen LogP contribution in [-0.2, 0) is 0 Å². The monoisotopic (exact) mass is 244 g/mol. The fourth-order valence-corrected chi connectivity index (χ4v) is 3.67. The minimum absolute atomic E-state index is 0.815. The minimum Gasteiger partial charge on any atom is -0.0654 e. The van der Waals surface area contributed by atoms with Crippen LogP contribution in [0.3, 0.4) is 0 Å². The molecule has 0 heteroatoms. The van der Waals surface area contributed by atoms with Gasteiger partial charge in [0.25, 0.3) is 0 Å². The molecule has 1 aliphatic carbocycles. The van der Waals surface area contributed by atoms with Crippen molar-refractivity contribution in [3.8, 4) is 0 Å². The Morgan fingerprint density at radius 3 is 2.50 bits per heavy atom. The van der Waals surface area contributed by atoms with E-state index in [1.807, 2.05) is 0 Å². The summed E-state index contributed by atoms with van der Waals surface area (Å²) in [6.45, 7) is 6.90. The van der Waals surface area contributed by atoms with Gasteiger partial charge in [0.1, 0.15) is 0 Å². The Morgan fingerprint density at radius 1 is 1.11 bits per heavy atom. The molecule has 1 fully saturated rings. The van der Waals surface area contributed by atoms with Crippen molar-refractivity contribution in [2.75, 3.05) is 0 Å². The predicted molar refractivity (Wildman–Crippen MR) is 80.1 cm³/mol. The lowest BCUT2D eigenvalue weighted by Crippen LogP contribution is -2.17. The number of rotatable bonds is 4. The summed E-state index contributed by atoms with van der Waals surface area (Å²) in [5, 5.41) is 0. The molecule has 0 heterocycles. The zero-order chi connectivity index (χ0) is 13.0. The number of hydrogen-bond acceptors (Lipinski definition) is 0. The minimum atomic E-state index is 0.815.